The van der Waals surface area contributed by atoms with Crippen molar-refractivity contribution in [2.75, 3.05) is 11.9 Å². The first-order chi connectivity index (χ1) is 15.3. The first kappa shape index (κ1) is 21.6. The van der Waals surface area contributed by atoms with E-state index in [-0.39, 0.29) is 5.69 Å². The SMILES string of the molecule is CN(c1cc2c(cc1Cl)-c1c(c(C(N)=O)nn1-c1ccc(Cl)cc1Cl)C2)C1CCCCC1. The maximum Gasteiger partial charge on any atom is 0.269 e. The molecule has 0 spiro atoms. The molecule has 5 rings (SSSR count). The van der Waals surface area contributed by atoms with Crippen LogP contribution in [0.15, 0.2) is 30.3 Å². The van der Waals surface area contributed by atoms with Gasteiger partial charge in [0.05, 0.1) is 27.1 Å². The van der Waals surface area contributed by atoms with Crippen LogP contribution in [0.25, 0.3) is 16.9 Å². The van der Waals surface area contributed by atoms with E-state index in [1.807, 2.05) is 6.07 Å². The quantitative estimate of drug-likeness (QED) is 0.367. The van der Waals surface area contributed by atoms with Gasteiger partial charge in [0.15, 0.2) is 5.69 Å². The minimum atomic E-state index is -0.566. The highest BCUT2D eigenvalue weighted by atomic mass is 35.5. The Bertz CT molecular complexity index is 1230. The molecule has 2 N–H and O–H groups in total. The maximum atomic E-state index is 12.2. The molecule has 5 nitrogen and oxygen atoms in total. The summed E-state index contributed by atoms with van der Waals surface area (Å²) >= 11 is 19.4. The second kappa shape index (κ2) is 8.29. The molecule has 1 amide bonds. The summed E-state index contributed by atoms with van der Waals surface area (Å²) in [6, 6.07) is 9.79. The number of nitrogens with two attached hydrogens (primary N) is 1. The van der Waals surface area contributed by atoms with Gasteiger partial charge in [-0.1, -0.05) is 54.1 Å². The Balaban J connectivity index is 1.63. The van der Waals surface area contributed by atoms with Crippen molar-refractivity contribution in [1.82, 2.24) is 9.78 Å². The van der Waals surface area contributed by atoms with E-state index >= 15 is 0 Å². The number of benzene rings is 2. The summed E-state index contributed by atoms with van der Waals surface area (Å²) in [6.07, 6.45) is 6.74. The Hall–Kier alpha value is -2.21. The first-order valence-electron chi connectivity index (χ1n) is 10.8. The lowest BCUT2D eigenvalue weighted by molar-refractivity contribution is 0.0994. The molecular weight excluding hydrogens is 467 g/mol. The van der Waals surface area contributed by atoms with Gasteiger partial charge in [-0.25, -0.2) is 4.68 Å². The molecule has 1 aromatic heterocycles. The van der Waals surface area contributed by atoms with Crippen LogP contribution in [0.2, 0.25) is 15.1 Å². The van der Waals surface area contributed by atoms with E-state index < -0.39 is 5.91 Å². The van der Waals surface area contributed by atoms with E-state index in [1.165, 1.54) is 32.1 Å². The highest BCUT2D eigenvalue weighted by molar-refractivity contribution is 6.36. The van der Waals surface area contributed by atoms with Crippen LogP contribution in [-0.2, 0) is 6.42 Å². The molecule has 0 radical (unpaired) electrons. The zero-order chi connectivity index (χ0) is 22.6. The molecule has 1 fully saturated rings. The van der Waals surface area contributed by atoms with E-state index in [2.05, 4.69) is 23.1 Å². The van der Waals surface area contributed by atoms with Crippen molar-refractivity contribution in [2.45, 2.75) is 44.6 Å². The molecule has 0 bridgehead atoms. The lowest BCUT2D eigenvalue weighted by Crippen LogP contribution is -2.33. The third-order valence-electron chi connectivity index (χ3n) is 6.65. The van der Waals surface area contributed by atoms with Gasteiger partial charge >= 0.3 is 0 Å². The molecule has 2 aromatic carbocycles. The van der Waals surface area contributed by atoms with Crippen LogP contribution < -0.4 is 10.6 Å². The molecule has 166 valence electrons. The minimum Gasteiger partial charge on any atom is -0.370 e. The first-order valence-corrected chi connectivity index (χ1v) is 11.9. The third-order valence-corrected chi connectivity index (χ3v) is 7.49. The highest BCUT2D eigenvalue weighted by Crippen LogP contribution is 2.45. The number of nitrogens with zero attached hydrogens (tertiary/aromatic N) is 3. The Morgan fingerprint density at radius 2 is 1.84 bits per heavy atom. The molecule has 8 heteroatoms. The smallest absolute Gasteiger partial charge is 0.269 e. The third kappa shape index (κ3) is 3.57. The van der Waals surface area contributed by atoms with Crippen molar-refractivity contribution < 1.29 is 4.79 Å². The molecule has 32 heavy (non-hydrogen) atoms. The van der Waals surface area contributed by atoms with Crippen LogP contribution in [0.3, 0.4) is 0 Å². The van der Waals surface area contributed by atoms with Gasteiger partial charge in [0.2, 0.25) is 0 Å². The van der Waals surface area contributed by atoms with Crippen LogP contribution >= 0.6 is 34.8 Å². The molecule has 3 aromatic rings. The lowest BCUT2D eigenvalue weighted by atomic mass is 9.94. The average molecular weight is 490 g/mol. The van der Waals surface area contributed by atoms with Crippen molar-refractivity contribution in [3.8, 4) is 16.9 Å². The summed E-state index contributed by atoms with van der Waals surface area (Å²) in [7, 11) is 2.12. The number of amides is 1. The van der Waals surface area contributed by atoms with Crippen molar-refractivity contribution in [3.05, 3.63) is 62.2 Å². The minimum absolute atomic E-state index is 0.250. The lowest BCUT2D eigenvalue weighted by Gasteiger charge is -2.33. The van der Waals surface area contributed by atoms with Crippen LogP contribution in [0.4, 0.5) is 5.69 Å². The van der Waals surface area contributed by atoms with Crippen molar-refractivity contribution in [1.29, 1.82) is 0 Å². The summed E-state index contributed by atoms with van der Waals surface area (Å²) in [5.41, 5.74) is 11.2. The highest BCUT2D eigenvalue weighted by Gasteiger charge is 2.32. The number of rotatable bonds is 4. The van der Waals surface area contributed by atoms with Gasteiger partial charge in [-0.2, -0.15) is 5.10 Å². The molecule has 0 atom stereocenters. The van der Waals surface area contributed by atoms with Gasteiger partial charge in [-0.3, -0.25) is 4.79 Å². The van der Waals surface area contributed by atoms with Crippen LogP contribution in [0.5, 0.6) is 0 Å². The number of primary amides is 1. The standard InChI is InChI=1S/C24H23Cl3N4O/c1-30(15-5-3-2-4-6-15)21-10-13-9-17-22(24(28)32)29-31(23(17)16(13)12-19(21)27)20-8-7-14(25)11-18(20)26/h7-8,10-12,15H,2-6,9H2,1H3,(H2,28,32). The monoisotopic (exact) mass is 488 g/mol. The number of carbonyl (C=O) groups excluding carboxylic acids is 1. The van der Waals surface area contributed by atoms with E-state index in [9.17, 15) is 4.79 Å². The Morgan fingerprint density at radius 1 is 1.09 bits per heavy atom. The fourth-order valence-corrected chi connectivity index (χ4v) is 5.80. The van der Waals surface area contributed by atoms with Gasteiger partial charge in [-0.15, -0.1) is 0 Å². The largest absolute Gasteiger partial charge is 0.370 e. The molecule has 2 aliphatic carbocycles. The molecule has 0 unspecified atom stereocenters. The molecule has 1 heterocycles. The van der Waals surface area contributed by atoms with Gasteiger partial charge in [-0.05, 0) is 48.7 Å². The van der Waals surface area contributed by atoms with Gasteiger partial charge in [0, 0.05) is 35.7 Å². The van der Waals surface area contributed by atoms with E-state index in [4.69, 9.17) is 40.5 Å². The number of halogens is 3. The van der Waals surface area contributed by atoms with Gasteiger partial charge < -0.3 is 10.6 Å². The van der Waals surface area contributed by atoms with Crippen LogP contribution in [-0.4, -0.2) is 28.8 Å². The number of carbonyl (C=O) groups is 1. The Labute approximate surface area is 202 Å². The number of anilines is 1. The zero-order valence-electron chi connectivity index (χ0n) is 17.7. The van der Waals surface area contributed by atoms with E-state index in [0.29, 0.717) is 33.2 Å². The van der Waals surface area contributed by atoms with Crippen molar-refractivity contribution in [3.63, 3.8) is 0 Å². The van der Waals surface area contributed by atoms with Crippen LogP contribution in [0, 0.1) is 0 Å². The number of fused-ring (bicyclic) bond motifs is 3. The molecule has 1 saturated carbocycles. The second-order valence-electron chi connectivity index (χ2n) is 8.59. The molecule has 2 aliphatic rings. The van der Waals surface area contributed by atoms with E-state index in [0.717, 1.165) is 28.1 Å². The summed E-state index contributed by atoms with van der Waals surface area (Å²) in [6.45, 7) is 0. The molecular formula is C24H23Cl3N4O. The molecule has 0 aliphatic heterocycles. The van der Waals surface area contributed by atoms with E-state index in [1.54, 1.807) is 22.9 Å². The predicted molar refractivity (Wildman–Crippen MR) is 131 cm³/mol. The summed E-state index contributed by atoms with van der Waals surface area (Å²) in [4.78, 5) is 14.5. The van der Waals surface area contributed by atoms with Gasteiger partial charge in [0.25, 0.3) is 5.91 Å². The van der Waals surface area contributed by atoms with Crippen LogP contribution in [0.1, 0.15) is 53.7 Å². The summed E-state index contributed by atoms with van der Waals surface area (Å²) in [5.74, 6) is -0.566. The van der Waals surface area contributed by atoms with Crippen molar-refractivity contribution in [2.24, 2.45) is 5.73 Å². The topological polar surface area (TPSA) is 64.2 Å². The number of hydrogen-bond acceptors (Lipinski definition) is 3. The summed E-state index contributed by atoms with van der Waals surface area (Å²) in [5, 5.41) is 6.16. The predicted octanol–water partition coefficient (Wildman–Crippen LogP) is 6.27. The maximum absolute atomic E-state index is 12.2. The van der Waals surface area contributed by atoms with Crippen molar-refractivity contribution >= 4 is 46.4 Å². The Morgan fingerprint density at radius 3 is 2.53 bits per heavy atom. The molecule has 0 saturated heterocycles. The second-order valence-corrected chi connectivity index (χ2v) is 9.84. The normalized spacial score (nSPS) is 15.5. The fourth-order valence-electron chi connectivity index (χ4n) is 5.02. The number of aromatic nitrogens is 2. The Kier molecular flexibility index (Phi) is 5.60. The average Bonchev–Trinajstić information content (AvgIpc) is 3.31. The van der Waals surface area contributed by atoms with Gasteiger partial charge in [0.1, 0.15) is 0 Å². The zero-order valence-corrected chi connectivity index (χ0v) is 19.9. The number of hydrogen-bond donors (Lipinski definition) is 1. The summed E-state index contributed by atoms with van der Waals surface area (Å²) < 4.78 is 1.68. The fraction of sp³-hybridized carbons (Fsp3) is 0.333.